The number of imidazole rings is 1. The first-order valence-electron chi connectivity index (χ1n) is 6.95. The van der Waals surface area contributed by atoms with Crippen molar-refractivity contribution in [3.05, 3.63) is 47.5 Å². The average molecular weight is 270 g/mol. The van der Waals surface area contributed by atoms with Crippen LogP contribution >= 0.6 is 0 Å². The van der Waals surface area contributed by atoms with Crippen LogP contribution < -0.4 is 10.6 Å². The van der Waals surface area contributed by atoms with Gasteiger partial charge in [-0.05, 0) is 36.6 Å². The second-order valence-electron chi connectivity index (χ2n) is 4.96. The molecule has 2 heterocycles. The van der Waals surface area contributed by atoms with E-state index in [9.17, 15) is 4.79 Å². The lowest BCUT2D eigenvalue weighted by Crippen LogP contribution is -2.28. The molecular formula is C15H18N4O. The molecule has 3 N–H and O–H groups in total. The Balaban J connectivity index is 1.75. The Bertz CT molecular complexity index is 606. The monoisotopic (exact) mass is 270 g/mol. The summed E-state index contributed by atoms with van der Waals surface area (Å²) in [7, 11) is 0. The molecule has 3 rings (SSSR count). The minimum atomic E-state index is -0.0797. The molecular weight excluding hydrogens is 252 g/mol. The summed E-state index contributed by atoms with van der Waals surface area (Å²) < 4.78 is 0. The van der Waals surface area contributed by atoms with Crippen LogP contribution in [0.25, 0.3) is 0 Å². The van der Waals surface area contributed by atoms with E-state index in [0.29, 0.717) is 5.56 Å². The molecule has 0 fully saturated rings. The van der Waals surface area contributed by atoms with Crippen LogP contribution in [0.2, 0.25) is 0 Å². The van der Waals surface area contributed by atoms with Gasteiger partial charge in [0.2, 0.25) is 0 Å². The van der Waals surface area contributed by atoms with E-state index in [1.807, 2.05) is 25.1 Å². The van der Waals surface area contributed by atoms with Gasteiger partial charge in [-0.1, -0.05) is 6.92 Å². The fourth-order valence-corrected chi connectivity index (χ4v) is 2.52. The lowest BCUT2D eigenvalue weighted by molar-refractivity contribution is 0.0934. The molecule has 2 aromatic rings. The van der Waals surface area contributed by atoms with Crippen LogP contribution in [0, 0.1) is 0 Å². The van der Waals surface area contributed by atoms with Crippen LogP contribution in [0.15, 0.2) is 30.6 Å². The molecule has 1 amide bonds. The van der Waals surface area contributed by atoms with Gasteiger partial charge < -0.3 is 15.6 Å². The predicted molar refractivity (Wildman–Crippen MR) is 77.7 cm³/mol. The third-order valence-electron chi connectivity index (χ3n) is 3.64. The number of nitrogens with zero attached hydrogens (tertiary/aromatic N) is 1. The average Bonchev–Trinajstić information content (AvgIpc) is 3.14. The maximum absolute atomic E-state index is 12.3. The quantitative estimate of drug-likeness (QED) is 0.798. The lowest BCUT2D eigenvalue weighted by atomic mass is 10.1. The normalized spacial score (nSPS) is 14.4. The van der Waals surface area contributed by atoms with E-state index in [-0.39, 0.29) is 11.9 Å². The number of carbonyl (C=O) groups excluding carboxylic acids is 1. The first-order valence-corrected chi connectivity index (χ1v) is 6.95. The molecule has 1 aromatic heterocycles. The van der Waals surface area contributed by atoms with Crippen LogP contribution in [0.3, 0.4) is 0 Å². The maximum Gasteiger partial charge on any atom is 0.251 e. The SMILES string of the molecule is CCC(NC(=O)c1ccc2c(c1)CCN2)c1ncc[nH]1. The zero-order valence-corrected chi connectivity index (χ0v) is 11.4. The number of aromatic amines is 1. The number of hydrogen-bond acceptors (Lipinski definition) is 3. The van der Waals surface area contributed by atoms with Crippen molar-refractivity contribution in [3.8, 4) is 0 Å². The number of amides is 1. The van der Waals surface area contributed by atoms with Gasteiger partial charge in [-0.2, -0.15) is 0 Å². The highest BCUT2D eigenvalue weighted by molar-refractivity contribution is 5.95. The fourth-order valence-electron chi connectivity index (χ4n) is 2.52. The van der Waals surface area contributed by atoms with E-state index >= 15 is 0 Å². The van der Waals surface area contributed by atoms with Crippen LogP contribution in [0.5, 0.6) is 0 Å². The second-order valence-corrected chi connectivity index (χ2v) is 4.96. The number of benzene rings is 1. The summed E-state index contributed by atoms with van der Waals surface area (Å²) >= 11 is 0. The molecule has 1 aliphatic rings. The van der Waals surface area contributed by atoms with Gasteiger partial charge in [0, 0.05) is 30.2 Å². The molecule has 5 nitrogen and oxygen atoms in total. The van der Waals surface area contributed by atoms with Gasteiger partial charge >= 0.3 is 0 Å². The van der Waals surface area contributed by atoms with E-state index in [0.717, 1.165) is 30.9 Å². The highest BCUT2D eigenvalue weighted by Crippen LogP contribution is 2.23. The van der Waals surface area contributed by atoms with Gasteiger partial charge in [-0.3, -0.25) is 4.79 Å². The molecule has 0 radical (unpaired) electrons. The van der Waals surface area contributed by atoms with Gasteiger partial charge in [0.15, 0.2) is 0 Å². The van der Waals surface area contributed by atoms with Crippen molar-refractivity contribution in [3.63, 3.8) is 0 Å². The summed E-state index contributed by atoms with van der Waals surface area (Å²) in [6.07, 6.45) is 5.24. The molecule has 0 saturated carbocycles. The van der Waals surface area contributed by atoms with Crippen LogP contribution in [-0.2, 0) is 6.42 Å². The molecule has 0 bridgehead atoms. The zero-order valence-electron chi connectivity index (χ0n) is 11.4. The van der Waals surface area contributed by atoms with Crippen molar-refractivity contribution >= 4 is 11.6 Å². The van der Waals surface area contributed by atoms with Crippen molar-refractivity contribution < 1.29 is 4.79 Å². The summed E-state index contributed by atoms with van der Waals surface area (Å²) in [6, 6.07) is 5.73. The summed E-state index contributed by atoms with van der Waals surface area (Å²) in [4.78, 5) is 19.6. The van der Waals surface area contributed by atoms with E-state index < -0.39 is 0 Å². The van der Waals surface area contributed by atoms with Gasteiger partial charge in [-0.15, -0.1) is 0 Å². The number of fused-ring (bicyclic) bond motifs is 1. The molecule has 0 aliphatic carbocycles. The molecule has 20 heavy (non-hydrogen) atoms. The highest BCUT2D eigenvalue weighted by Gasteiger charge is 2.18. The van der Waals surface area contributed by atoms with Gasteiger partial charge in [-0.25, -0.2) is 4.98 Å². The first-order chi connectivity index (χ1) is 9.78. The predicted octanol–water partition coefficient (Wildman–Crippen LogP) is 2.26. The minimum Gasteiger partial charge on any atom is -0.384 e. The van der Waals surface area contributed by atoms with E-state index in [1.165, 1.54) is 5.56 Å². The Morgan fingerprint density at radius 3 is 3.15 bits per heavy atom. The Labute approximate surface area is 117 Å². The van der Waals surface area contributed by atoms with Crippen LogP contribution in [0.1, 0.15) is 41.1 Å². The Morgan fingerprint density at radius 2 is 2.40 bits per heavy atom. The maximum atomic E-state index is 12.3. The van der Waals surface area contributed by atoms with Crippen molar-refractivity contribution in [2.24, 2.45) is 0 Å². The highest BCUT2D eigenvalue weighted by atomic mass is 16.1. The Kier molecular flexibility index (Phi) is 3.41. The fraction of sp³-hybridized carbons (Fsp3) is 0.333. The van der Waals surface area contributed by atoms with Crippen molar-refractivity contribution in [2.75, 3.05) is 11.9 Å². The summed E-state index contributed by atoms with van der Waals surface area (Å²) in [6.45, 7) is 2.98. The summed E-state index contributed by atoms with van der Waals surface area (Å²) in [5, 5.41) is 6.32. The van der Waals surface area contributed by atoms with Gasteiger partial charge in [0.05, 0.1) is 6.04 Å². The molecule has 1 aliphatic heterocycles. The lowest BCUT2D eigenvalue weighted by Gasteiger charge is -2.15. The van der Waals surface area contributed by atoms with Gasteiger partial charge in [0.25, 0.3) is 5.91 Å². The minimum absolute atomic E-state index is 0.0528. The molecule has 1 unspecified atom stereocenters. The Hall–Kier alpha value is -2.30. The van der Waals surface area contributed by atoms with Crippen LogP contribution in [0.4, 0.5) is 5.69 Å². The van der Waals surface area contributed by atoms with Crippen molar-refractivity contribution in [2.45, 2.75) is 25.8 Å². The largest absolute Gasteiger partial charge is 0.384 e. The number of rotatable bonds is 4. The molecule has 5 heteroatoms. The van der Waals surface area contributed by atoms with Crippen molar-refractivity contribution in [1.29, 1.82) is 0 Å². The van der Waals surface area contributed by atoms with E-state index in [4.69, 9.17) is 0 Å². The molecule has 0 spiro atoms. The summed E-state index contributed by atoms with van der Waals surface area (Å²) in [5.41, 5.74) is 3.06. The number of anilines is 1. The number of H-pyrrole nitrogens is 1. The number of aromatic nitrogens is 2. The smallest absolute Gasteiger partial charge is 0.251 e. The first kappa shape index (κ1) is 12.7. The third kappa shape index (κ3) is 2.39. The zero-order chi connectivity index (χ0) is 13.9. The third-order valence-corrected chi connectivity index (χ3v) is 3.64. The van der Waals surface area contributed by atoms with Crippen LogP contribution in [-0.4, -0.2) is 22.4 Å². The van der Waals surface area contributed by atoms with Gasteiger partial charge in [0.1, 0.15) is 5.82 Å². The Morgan fingerprint density at radius 1 is 1.50 bits per heavy atom. The molecule has 1 aromatic carbocycles. The second kappa shape index (κ2) is 5.36. The molecule has 104 valence electrons. The molecule has 0 saturated heterocycles. The topological polar surface area (TPSA) is 69.8 Å². The molecule has 1 atom stereocenters. The van der Waals surface area contributed by atoms with E-state index in [2.05, 4.69) is 20.6 Å². The summed E-state index contributed by atoms with van der Waals surface area (Å²) in [5.74, 6) is 0.742. The number of carbonyl (C=O) groups is 1. The standard InChI is InChI=1S/C15H18N4O/c1-2-12(14-17-7-8-18-14)19-15(20)11-3-4-13-10(9-11)5-6-16-13/h3-4,7-9,12,16H,2,5-6H2,1H3,(H,17,18)(H,19,20). The van der Waals surface area contributed by atoms with E-state index in [1.54, 1.807) is 12.4 Å². The van der Waals surface area contributed by atoms with Crippen molar-refractivity contribution in [1.82, 2.24) is 15.3 Å². The number of nitrogens with one attached hydrogen (secondary N) is 3. The number of hydrogen-bond donors (Lipinski definition) is 3.